The van der Waals surface area contributed by atoms with E-state index in [-0.39, 0.29) is 0 Å². The minimum absolute atomic E-state index is 0.595. The fourth-order valence-corrected chi connectivity index (χ4v) is 1.92. The van der Waals surface area contributed by atoms with Gasteiger partial charge < -0.3 is 10.6 Å². The summed E-state index contributed by atoms with van der Waals surface area (Å²) in [7, 11) is 2.17. The third-order valence-corrected chi connectivity index (χ3v) is 3.32. The monoisotopic (exact) mass is 235 g/mol. The van der Waals surface area contributed by atoms with Gasteiger partial charge >= 0.3 is 0 Å². The largest absolute Gasteiger partial charge is 0.330 e. The Morgan fingerprint density at radius 1 is 1.29 bits per heavy atom. The van der Waals surface area contributed by atoms with Crippen LogP contribution in [0.1, 0.15) is 19.4 Å². The Kier molecular flexibility index (Phi) is 6.16. The molecule has 1 heterocycles. The molecule has 0 radical (unpaired) electrons. The van der Waals surface area contributed by atoms with E-state index in [9.17, 15) is 0 Å². The highest BCUT2D eigenvalue weighted by molar-refractivity contribution is 5.09. The third-order valence-electron chi connectivity index (χ3n) is 3.32. The fourth-order valence-electron chi connectivity index (χ4n) is 1.92. The number of hydrogen-bond acceptors (Lipinski definition) is 3. The van der Waals surface area contributed by atoms with E-state index >= 15 is 0 Å². The first-order valence-corrected chi connectivity index (χ1v) is 6.41. The highest BCUT2D eigenvalue weighted by atomic mass is 15.1. The van der Waals surface area contributed by atoms with Crippen LogP contribution in [-0.4, -0.2) is 36.6 Å². The molecule has 1 atom stereocenters. The van der Waals surface area contributed by atoms with Crippen molar-refractivity contribution in [1.29, 1.82) is 0 Å². The van der Waals surface area contributed by atoms with E-state index in [4.69, 9.17) is 5.73 Å². The molecule has 0 spiro atoms. The molecule has 17 heavy (non-hydrogen) atoms. The van der Waals surface area contributed by atoms with Crippen LogP contribution in [0.15, 0.2) is 24.5 Å². The lowest BCUT2D eigenvalue weighted by Crippen LogP contribution is -2.34. The van der Waals surface area contributed by atoms with Crippen LogP contribution in [0.2, 0.25) is 0 Å². The van der Waals surface area contributed by atoms with Crippen LogP contribution in [0.25, 0.3) is 0 Å². The quantitative estimate of drug-likeness (QED) is 0.783. The van der Waals surface area contributed by atoms with Crippen LogP contribution in [0.4, 0.5) is 0 Å². The topological polar surface area (TPSA) is 42.1 Å². The first-order valence-electron chi connectivity index (χ1n) is 6.41. The van der Waals surface area contributed by atoms with Crippen LogP contribution in [0.3, 0.4) is 0 Å². The molecule has 0 amide bonds. The summed E-state index contributed by atoms with van der Waals surface area (Å²) >= 11 is 0. The molecule has 1 aromatic rings. The predicted molar refractivity (Wildman–Crippen MR) is 72.8 cm³/mol. The molecule has 1 unspecified atom stereocenters. The van der Waals surface area contributed by atoms with E-state index in [1.165, 1.54) is 5.56 Å². The molecule has 0 fully saturated rings. The van der Waals surface area contributed by atoms with Gasteiger partial charge in [-0.25, -0.2) is 0 Å². The second kappa shape index (κ2) is 7.41. The van der Waals surface area contributed by atoms with Crippen molar-refractivity contribution in [3.63, 3.8) is 0 Å². The Balaban J connectivity index is 2.32. The molecule has 3 nitrogen and oxygen atoms in total. The Labute approximate surface area is 105 Å². The van der Waals surface area contributed by atoms with Crippen molar-refractivity contribution in [1.82, 2.24) is 9.88 Å². The van der Waals surface area contributed by atoms with Gasteiger partial charge in [0.1, 0.15) is 0 Å². The van der Waals surface area contributed by atoms with Crippen molar-refractivity contribution in [2.75, 3.05) is 26.7 Å². The van der Waals surface area contributed by atoms with Crippen LogP contribution < -0.4 is 5.73 Å². The van der Waals surface area contributed by atoms with E-state index in [0.29, 0.717) is 11.8 Å². The van der Waals surface area contributed by atoms with Gasteiger partial charge in [-0.3, -0.25) is 4.98 Å². The van der Waals surface area contributed by atoms with Crippen molar-refractivity contribution in [3.05, 3.63) is 30.1 Å². The van der Waals surface area contributed by atoms with Crippen molar-refractivity contribution in [2.45, 2.75) is 20.3 Å². The number of likely N-dealkylation sites (N-methyl/N-ethyl adjacent to an activating group) is 1. The molecule has 1 rings (SSSR count). The predicted octanol–water partition coefficient (Wildman–Crippen LogP) is 1.79. The normalized spacial score (nSPS) is 13.3. The lowest BCUT2D eigenvalue weighted by molar-refractivity contribution is 0.242. The molecule has 1 aromatic heterocycles. The summed E-state index contributed by atoms with van der Waals surface area (Å²) < 4.78 is 0. The molecule has 2 N–H and O–H groups in total. The molecule has 0 aromatic carbocycles. The minimum Gasteiger partial charge on any atom is -0.330 e. The molecule has 0 bridgehead atoms. The zero-order chi connectivity index (χ0) is 12.7. The summed E-state index contributed by atoms with van der Waals surface area (Å²) in [6, 6.07) is 4.16. The van der Waals surface area contributed by atoms with Crippen LogP contribution >= 0.6 is 0 Å². The number of rotatable bonds is 7. The minimum atomic E-state index is 0.595. The van der Waals surface area contributed by atoms with Gasteiger partial charge in [0.15, 0.2) is 0 Å². The van der Waals surface area contributed by atoms with Crippen molar-refractivity contribution >= 4 is 0 Å². The average molecular weight is 235 g/mol. The van der Waals surface area contributed by atoms with Gasteiger partial charge in [-0.15, -0.1) is 0 Å². The van der Waals surface area contributed by atoms with Gasteiger partial charge in [0.05, 0.1) is 0 Å². The van der Waals surface area contributed by atoms with E-state index in [1.807, 2.05) is 12.4 Å². The van der Waals surface area contributed by atoms with Gasteiger partial charge in [0, 0.05) is 25.5 Å². The highest BCUT2D eigenvalue weighted by Crippen LogP contribution is 2.10. The number of nitrogens with zero attached hydrogens (tertiary/aromatic N) is 2. The number of nitrogens with two attached hydrogens (primary N) is 1. The van der Waals surface area contributed by atoms with Crippen molar-refractivity contribution < 1.29 is 0 Å². The second-order valence-corrected chi connectivity index (χ2v) is 5.11. The van der Waals surface area contributed by atoms with E-state index in [2.05, 4.69) is 42.9 Å². The first-order chi connectivity index (χ1) is 8.13. The molecule has 96 valence electrons. The zero-order valence-electron chi connectivity index (χ0n) is 11.3. The highest BCUT2D eigenvalue weighted by Gasteiger charge is 2.13. The van der Waals surface area contributed by atoms with Gasteiger partial charge in [0.2, 0.25) is 0 Å². The zero-order valence-corrected chi connectivity index (χ0v) is 11.3. The molecular formula is C14H25N3. The number of pyridine rings is 1. The SMILES string of the molecule is CC(C)C(CN)CN(C)CCc1ccncc1. The van der Waals surface area contributed by atoms with Gasteiger partial charge in [-0.05, 0) is 49.5 Å². The van der Waals surface area contributed by atoms with E-state index in [0.717, 1.165) is 26.1 Å². The van der Waals surface area contributed by atoms with Crippen LogP contribution in [0, 0.1) is 11.8 Å². The van der Waals surface area contributed by atoms with Gasteiger partial charge in [-0.2, -0.15) is 0 Å². The van der Waals surface area contributed by atoms with Crippen LogP contribution in [-0.2, 0) is 6.42 Å². The van der Waals surface area contributed by atoms with E-state index in [1.54, 1.807) is 0 Å². The average Bonchev–Trinajstić information content (AvgIpc) is 2.34. The maximum atomic E-state index is 5.79. The summed E-state index contributed by atoms with van der Waals surface area (Å²) in [4.78, 5) is 6.40. The fraction of sp³-hybridized carbons (Fsp3) is 0.643. The van der Waals surface area contributed by atoms with Crippen LogP contribution in [0.5, 0.6) is 0 Å². The third kappa shape index (κ3) is 5.29. The van der Waals surface area contributed by atoms with Crippen molar-refractivity contribution in [3.8, 4) is 0 Å². The molecule has 3 heteroatoms. The molecule has 0 saturated heterocycles. The molecule has 0 saturated carbocycles. The summed E-state index contributed by atoms with van der Waals surface area (Å²) in [5, 5.41) is 0. The van der Waals surface area contributed by atoms with Crippen molar-refractivity contribution in [2.24, 2.45) is 17.6 Å². The molecule has 0 aliphatic rings. The summed E-state index contributed by atoms with van der Waals surface area (Å²) in [6.45, 7) is 7.42. The smallest absolute Gasteiger partial charge is 0.0270 e. The molecular weight excluding hydrogens is 210 g/mol. The Morgan fingerprint density at radius 3 is 2.47 bits per heavy atom. The number of aromatic nitrogens is 1. The summed E-state index contributed by atoms with van der Waals surface area (Å²) in [6.07, 6.45) is 4.78. The van der Waals surface area contributed by atoms with Gasteiger partial charge in [0.25, 0.3) is 0 Å². The standard InChI is InChI=1S/C14H25N3/c1-12(2)14(10-15)11-17(3)9-6-13-4-7-16-8-5-13/h4-5,7-8,12,14H,6,9-11,15H2,1-3H3. The summed E-state index contributed by atoms with van der Waals surface area (Å²) in [5.74, 6) is 1.25. The molecule has 0 aliphatic carbocycles. The first kappa shape index (κ1) is 14.1. The Bertz CT molecular complexity index is 298. The molecule has 0 aliphatic heterocycles. The maximum Gasteiger partial charge on any atom is 0.0270 e. The maximum absolute atomic E-state index is 5.79. The lowest BCUT2D eigenvalue weighted by Gasteiger charge is -2.25. The second-order valence-electron chi connectivity index (χ2n) is 5.11. The van der Waals surface area contributed by atoms with Gasteiger partial charge in [-0.1, -0.05) is 13.8 Å². The summed E-state index contributed by atoms with van der Waals surface area (Å²) in [5.41, 5.74) is 7.14. The Hall–Kier alpha value is -0.930. The number of hydrogen-bond donors (Lipinski definition) is 1. The Morgan fingerprint density at radius 2 is 1.94 bits per heavy atom. The van der Waals surface area contributed by atoms with E-state index < -0.39 is 0 Å². The lowest BCUT2D eigenvalue weighted by atomic mass is 9.95.